The van der Waals surface area contributed by atoms with Crippen LogP contribution in [0.25, 0.3) is 0 Å². The van der Waals surface area contributed by atoms with Gasteiger partial charge in [-0.15, -0.1) is 12.4 Å². The zero-order valence-corrected chi connectivity index (χ0v) is 23.2. The number of piperidine rings is 1. The SMILES string of the molecule is CCOC(=O)C(CCC1CCCCC1)N[C@@H](C)C(=O)N1C(C(=O)O)CC2CCN(S(C)(=O)=O)CC21.Cl. The van der Waals surface area contributed by atoms with Crippen molar-refractivity contribution in [1.82, 2.24) is 14.5 Å². The Kier molecular flexibility index (Phi) is 11.5. The summed E-state index contributed by atoms with van der Waals surface area (Å²) in [5, 5.41) is 13.0. The van der Waals surface area contributed by atoms with Crippen LogP contribution in [0.15, 0.2) is 0 Å². The van der Waals surface area contributed by atoms with Gasteiger partial charge >= 0.3 is 11.9 Å². The molecule has 3 fully saturated rings. The maximum Gasteiger partial charge on any atom is 0.326 e. The molecule has 2 aliphatic heterocycles. The average Bonchev–Trinajstić information content (AvgIpc) is 3.20. The number of nitrogens with zero attached hydrogens (tertiary/aromatic N) is 2. The molecule has 1 amide bonds. The van der Waals surface area contributed by atoms with Crippen molar-refractivity contribution in [3.63, 3.8) is 0 Å². The minimum Gasteiger partial charge on any atom is -0.480 e. The molecule has 0 aromatic heterocycles. The minimum absolute atomic E-state index is 0. The highest BCUT2D eigenvalue weighted by Gasteiger charge is 2.51. The van der Waals surface area contributed by atoms with E-state index >= 15 is 0 Å². The number of carboxylic acid groups (broad SMARTS) is 1. The van der Waals surface area contributed by atoms with Crippen LogP contribution >= 0.6 is 12.4 Å². The third-order valence-electron chi connectivity index (χ3n) is 7.89. The number of halogens is 1. The van der Waals surface area contributed by atoms with Crippen molar-refractivity contribution < 1.29 is 32.6 Å². The summed E-state index contributed by atoms with van der Waals surface area (Å²) in [7, 11) is -3.46. The van der Waals surface area contributed by atoms with E-state index in [0.717, 1.165) is 25.5 Å². The normalized spacial score (nSPS) is 27.0. The fourth-order valence-corrected chi connectivity index (χ4v) is 6.86. The van der Waals surface area contributed by atoms with E-state index in [2.05, 4.69) is 5.32 Å². The van der Waals surface area contributed by atoms with Crippen molar-refractivity contribution in [2.45, 2.75) is 95.8 Å². The van der Waals surface area contributed by atoms with Crippen LogP contribution in [-0.4, -0.2) is 90.7 Å². The van der Waals surface area contributed by atoms with Crippen LogP contribution in [0.4, 0.5) is 0 Å². The summed E-state index contributed by atoms with van der Waals surface area (Å²) in [6, 6.07) is -2.98. The number of sulfonamides is 1. The third-order valence-corrected chi connectivity index (χ3v) is 9.16. The van der Waals surface area contributed by atoms with Gasteiger partial charge in [-0.05, 0) is 51.4 Å². The molecule has 3 rings (SSSR count). The fourth-order valence-electron chi connectivity index (χ4n) is 6.00. The van der Waals surface area contributed by atoms with Crippen LogP contribution in [0.5, 0.6) is 0 Å². The molecule has 2 N–H and O–H groups in total. The number of likely N-dealkylation sites (tertiary alicyclic amines) is 1. The first-order valence-electron chi connectivity index (χ1n) is 13.0. The first-order valence-corrected chi connectivity index (χ1v) is 14.8. The molecule has 0 aromatic rings. The Labute approximate surface area is 220 Å². The van der Waals surface area contributed by atoms with Gasteiger partial charge in [0.2, 0.25) is 15.9 Å². The predicted octanol–water partition coefficient (Wildman–Crippen LogP) is 2.01. The number of nitrogens with one attached hydrogen (secondary N) is 1. The Hall–Kier alpha value is -1.43. The standard InChI is InChI=1S/C24H41N3O7S.ClH/c1-4-34-24(31)19(11-10-17-8-6-5-7-9-17)25-16(2)22(28)27-20(23(29)30)14-18-12-13-26(15-21(18)27)35(3,32)33;/h16-21,25H,4-15H2,1-3H3,(H,29,30);1H/t16-,18?,19?,20?,21?;/m0./s1. The predicted molar refractivity (Wildman–Crippen MR) is 137 cm³/mol. The Bertz CT molecular complexity index is 881. The van der Waals surface area contributed by atoms with E-state index in [1.165, 1.54) is 28.5 Å². The molecule has 208 valence electrons. The molecule has 0 aromatic carbocycles. The second-order valence-corrected chi connectivity index (χ2v) is 12.3. The van der Waals surface area contributed by atoms with Gasteiger partial charge in [0, 0.05) is 19.1 Å². The molecule has 2 heterocycles. The molecule has 0 radical (unpaired) electrons. The number of ether oxygens (including phenoxy) is 1. The molecule has 10 nitrogen and oxygen atoms in total. The summed E-state index contributed by atoms with van der Waals surface area (Å²) in [4.78, 5) is 39.6. The third kappa shape index (κ3) is 7.55. The van der Waals surface area contributed by atoms with Gasteiger partial charge in [-0.25, -0.2) is 17.5 Å². The summed E-state index contributed by atoms with van der Waals surface area (Å²) in [5.41, 5.74) is 0. The van der Waals surface area contributed by atoms with E-state index in [1.807, 2.05) is 0 Å². The molecule has 2 saturated heterocycles. The van der Waals surface area contributed by atoms with Crippen molar-refractivity contribution in [1.29, 1.82) is 0 Å². The first-order chi connectivity index (χ1) is 16.5. The molecular formula is C24H42ClN3O7S. The van der Waals surface area contributed by atoms with Gasteiger partial charge in [0.1, 0.15) is 12.1 Å². The summed E-state index contributed by atoms with van der Waals surface area (Å²) in [5.74, 6) is -1.43. The zero-order valence-electron chi connectivity index (χ0n) is 21.6. The van der Waals surface area contributed by atoms with Crippen LogP contribution in [0.1, 0.15) is 71.6 Å². The number of carbonyl (C=O) groups excluding carboxylic acids is 2. The summed E-state index contributed by atoms with van der Waals surface area (Å²) in [6.45, 7) is 4.03. The van der Waals surface area contributed by atoms with Crippen LogP contribution in [0.3, 0.4) is 0 Å². The number of rotatable bonds is 10. The molecule has 3 aliphatic rings. The molecule has 12 heteroatoms. The summed E-state index contributed by atoms with van der Waals surface area (Å²) in [6.07, 6.45) is 9.33. The van der Waals surface area contributed by atoms with Crippen LogP contribution < -0.4 is 5.32 Å². The summed E-state index contributed by atoms with van der Waals surface area (Å²) >= 11 is 0. The number of esters is 1. The average molecular weight is 552 g/mol. The van der Waals surface area contributed by atoms with Gasteiger partial charge in [0.25, 0.3) is 0 Å². The number of carbonyl (C=O) groups is 3. The Balaban J connectivity index is 0.00000456. The summed E-state index contributed by atoms with van der Waals surface area (Å²) < 4.78 is 30.8. The maximum atomic E-state index is 13.6. The van der Waals surface area contributed by atoms with Crippen molar-refractivity contribution in [2.75, 3.05) is 26.0 Å². The molecule has 5 atom stereocenters. The molecule has 4 unspecified atom stereocenters. The number of aliphatic carboxylic acids is 1. The first kappa shape index (κ1) is 30.8. The second kappa shape index (κ2) is 13.4. The van der Waals surface area contributed by atoms with E-state index in [1.54, 1.807) is 13.8 Å². The number of hydrogen-bond donors (Lipinski definition) is 2. The Morgan fingerprint density at radius 2 is 1.81 bits per heavy atom. The topological polar surface area (TPSA) is 133 Å². The maximum absolute atomic E-state index is 13.6. The lowest BCUT2D eigenvalue weighted by Gasteiger charge is -2.39. The zero-order chi connectivity index (χ0) is 25.8. The van der Waals surface area contributed by atoms with Gasteiger partial charge in [0.15, 0.2) is 0 Å². The minimum atomic E-state index is -3.46. The van der Waals surface area contributed by atoms with Gasteiger partial charge in [-0.3, -0.25) is 14.9 Å². The number of hydrogen-bond acceptors (Lipinski definition) is 7. The van der Waals surface area contributed by atoms with Crippen molar-refractivity contribution in [3.8, 4) is 0 Å². The van der Waals surface area contributed by atoms with E-state index in [0.29, 0.717) is 31.7 Å². The number of carboxylic acids is 1. The number of fused-ring (bicyclic) bond motifs is 1. The highest BCUT2D eigenvalue weighted by Crippen LogP contribution is 2.37. The Morgan fingerprint density at radius 3 is 2.39 bits per heavy atom. The lowest BCUT2D eigenvalue weighted by Crippen LogP contribution is -2.58. The van der Waals surface area contributed by atoms with E-state index in [4.69, 9.17) is 4.74 Å². The lowest BCUT2D eigenvalue weighted by molar-refractivity contribution is -0.152. The van der Waals surface area contributed by atoms with Crippen molar-refractivity contribution >= 4 is 40.3 Å². The van der Waals surface area contributed by atoms with Gasteiger partial charge in [-0.1, -0.05) is 32.1 Å². The molecule has 0 spiro atoms. The monoisotopic (exact) mass is 551 g/mol. The quantitative estimate of drug-likeness (QED) is 0.394. The van der Waals surface area contributed by atoms with Crippen LogP contribution in [-0.2, 0) is 29.1 Å². The lowest BCUT2D eigenvalue weighted by atomic mass is 9.85. The smallest absolute Gasteiger partial charge is 0.326 e. The van der Waals surface area contributed by atoms with E-state index in [-0.39, 0.29) is 31.5 Å². The van der Waals surface area contributed by atoms with Crippen molar-refractivity contribution in [3.05, 3.63) is 0 Å². The molecule has 0 bridgehead atoms. The van der Waals surface area contributed by atoms with Gasteiger partial charge in [0.05, 0.1) is 18.9 Å². The van der Waals surface area contributed by atoms with Gasteiger partial charge in [-0.2, -0.15) is 0 Å². The van der Waals surface area contributed by atoms with E-state index < -0.39 is 52.0 Å². The van der Waals surface area contributed by atoms with E-state index in [9.17, 15) is 27.9 Å². The van der Waals surface area contributed by atoms with Gasteiger partial charge < -0.3 is 14.7 Å². The molecular weight excluding hydrogens is 510 g/mol. The molecule has 1 saturated carbocycles. The molecule has 1 aliphatic carbocycles. The van der Waals surface area contributed by atoms with Crippen molar-refractivity contribution in [2.24, 2.45) is 11.8 Å². The largest absolute Gasteiger partial charge is 0.480 e. The van der Waals surface area contributed by atoms with Crippen LogP contribution in [0, 0.1) is 11.8 Å². The molecule has 36 heavy (non-hydrogen) atoms. The Morgan fingerprint density at radius 1 is 1.14 bits per heavy atom. The second-order valence-electron chi connectivity index (χ2n) is 10.3. The highest BCUT2D eigenvalue weighted by molar-refractivity contribution is 7.88. The highest BCUT2D eigenvalue weighted by atomic mass is 35.5. The fraction of sp³-hybridized carbons (Fsp3) is 0.875. The van der Waals surface area contributed by atoms with Crippen LogP contribution in [0.2, 0.25) is 0 Å². The number of amides is 1.